The van der Waals surface area contributed by atoms with Crippen molar-refractivity contribution in [2.75, 3.05) is 13.1 Å². The monoisotopic (exact) mass is 141 g/mol. The Morgan fingerprint density at radius 2 is 2.50 bits per heavy atom. The molecule has 0 spiro atoms. The Balaban J connectivity index is 2.52. The maximum atomic E-state index is 10.7. The van der Waals surface area contributed by atoms with E-state index in [9.17, 15) is 4.79 Å². The van der Waals surface area contributed by atoms with Gasteiger partial charge in [0.2, 0.25) is 5.91 Å². The fourth-order valence-electron chi connectivity index (χ4n) is 0.963. The Kier molecular flexibility index (Phi) is 2.06. The first-order valence-electron chi connectivity index (χ1n) is 3.30. The summed E-state index contributed by atoms with van der Waals surface area (Å²) < 4.78 is 0. The third kappa shape index (κ3) is 1.57. The van der Waals surface area contributed by atoms with Gasteiger partial charge in [-0.3, -0.25) is 4.79 Å². The number of carbonyl (C=O) groups is 1. The molecule has 0 aliphatic carbocycles. The summed E-state index contributed by atoms with van der Waals surface area (Å²) in [7, 11) is 0. The van der Waals surface area contributed by atoms with Crippen LogP contribution in [0.25, 0.3) is 0 Å². The number of aliphatic hydroxyl groups excluding tert-OH is 1. The second-order valence-corrected chi connectivity index (χ2v) is 2.42. The Labute approximate surface area is 59.9 Å². The highest BCUT2D eigenvalue weighted by Crippen LogP contribution is 2.01. The molecule has 0 saturated heterocycles. The van der Waals surface area contributed by atoms with Crippen molar-refractivity contribution in [3.05, 3.63) is 12.2 Å². The maximum absolute atomic E-state index is 10.7. The maximum Gasteiger partial charge on any atom is 0.219 e. The molecule has 0 aromatic heterocycles. The van der Waals surface area contributed by atoms with Gasteiger partial charge >= 0.3 is 0 Å². The van der Waals surface area contributed by atoms with Crippen LogP contribution in [0, 0.1) is 0 Å². The van der Waals surface area contributed by atoms with Crippen molar-refractivity contribution in [2.45, 2.75) is 13.0 Å². The number of nitrogens with zero attached hydrogens (tertiary/aromatic N) is 1. The van der Waals surface area contributed by atoms with Gasteiger partial charge in [-0.25, -0.2) is 0 Å². The predicted octanol–water partition coefficient (Wildman–Crippen LogP) is -0.234. The second-order valence-electron chi connectivity index (χ2n) is 2.42. The number of carbonyl (C=O) groups excluding carboxylic acids is 1. The normalized spacial score (nSPS) is 25.0. The first kappa shape index (κ1) is 7.28. The lowest BCUT2D eigenvalue weighted by Gasteiger charge is -2.24. The molecular formula is C7H11NO2. The molecule has 0 fully saturated rings. The number of hydrogen-bond donors (Lipinski definition) is 1. The lowest BCUT2D eigenvalue weighted by Crippen LogP contribution is -2.38. The van der Waals surface area contributed by atoms with Crippen molar-refractivity contribution in [2.24, 2.45) is 0 Å². The Morgan fingerprint density at radius 1 is 1.80 bits per heavy atom. The standard InChI is InChI=1S/C7H11NO2/c1-6(9)8-4-2-3-7(10)5-8/h2-3,7,10H,4-5H2,1H3/t7-/m0/s1. The molecule has 1 atom stereocenters. The highest BCUT2D eigenvalue weighted by Gasteiger charge is 2.14. The summed E-state index contributed by atoms with van der Waals surface area (Å²) in [5, 5.41) is 9.05. The molecule has 1 N–H and O–H groups in total. The van der Waals surface area contributed by atoms with Crippen LogP contribution in [-0.2, 0) is 4.79 Å². The quantitative estimate of drug-likeness (QED) is 0.473. The summed E-state index contributed by atoms with van der Waals surface area (Å²) in [5.74, 6) is 0.0170. The molecule has 1 amide bonds. The minimum absolute atomic E-state index is 0.0170. The summed E-state index contributed by atoms with van der Waals surface area (Å²) in [5.41, 5.74) is 0. The van der Waals surface area contributed by atoms with Gasteiger partial charge in [0.1, 0.15) is 0 Å². The van der Waals surface area contributed by atoms with E-state index in [0.717, 1.165) is 0 Å². The van der Waals surface area contributed by atoms with Crippen LogP contribution >= 0.6 is 0 Å². The first-order chi connectivity index (χ1) is 4.70. The molecule has 10 heavy (non-hydrogen) atoms. The number of rotatable bonds is 0. The number of aliphatic hydroxyl groups is 1. The van der Waals surface area contributed by atoms with Gasteiger partial charge in [0.15, 0.2) is 0 Å². The summed E-state index contributed by atoms with van der Waals surface area (Å²) in [6.07, 6.45) is 3.03. The van der Waals surface area contributed by atoms with Gasteiger partial charge in [0.05, 0.1) is 12.6 Å². The van der Waals surface area contributed by atoms with Crippen LogP contribution in [0.4, 0.5) is 0 Å². The predicted molar refractivity (Wildman–Crippen MR) is 37.4 cm³/mol. The van der Waals surface area contributed by atoms with E-state index in [1.54, 1.807) is 17.1 Å². The van der Waals surface area contributed by atoms with Crippen molar-refractivity contribution in [1.82, 2.24) is 4.90 Å². The van der Waals surface area contributed by atoms with Crippen molar-refractivity contribution in [1.29, 1.82) is 0 Å². The molecule has 3 heteroatoms. The van der Waals surface area contributed by atoms with E-state index < -0.39 is 6.10 Å². The number of amides is 1. The van der Waals surface area contributed by atoms with Gasteiger partial charge < -0.3 is 10.0 Å². The van der Waals surface area contributed by atoms with E-state index in [1.165, 1.54) is 6.92 Å². The van der Waals surface area contributed by atoms with Crippen LogP contribution in [0.2, 0.25) is 0 Å². The summed E-state index contributed by atoms with van der Waals surface area (Å²) in [6.45, 7) is 2.57. The van der Waals surface area contributed by atoms with E-state index >= 15 is 0 Å². The number of hydrogen-bond acceptors (Lipinski definition) is 2. The van der Waals surface area contributed by atoms with Crippen molar-refractivity contribution in [3.63, 3.8) is 0 Å². The zero-order valence-corrected chi connectivity index (χ0v) is 5.95. The third-order valence-electron chi connectivity index (χ3n) is 1.54. The zero-order chi connectivity index (χ0) is 7.56. The van der Waals surface area contributed by atoms with Gasteiger partial charge in [-0.1, -0.05) is 12.2 Å². The summed E-state index contributed by atoms with van der Waals surface area (Å²) >= 11 is 0. The van der Waals surface area contributed by atoms with Gasteiger partial charge in [0, 0.05) is 13.5 Å². The van der Waals surface area contributed by atoms with Crippen molar-refractivity contribution >= 4 is 5.91 Å². The lowest BCUT2D eigenvalue weighted by atomic mass is 10.2. The highest BCUT2D eigenvalue weighted by atomic mass is 16.3. The molecular weight excluding hydrogens is 130 g/mol. The van der Waals surface area contributed by atoms with Gasteiger partial charge in [-0.15, -0.1) is 0 Å². The largest absolute Gasteiger partial charge is 0.387 e. The van der Waals surface area contributed by atoms with E-state index in [0.29, 0.717) is 13.1 Å². The van der Waals surface area contributed by atoms with E-state index in [1.807, 2.05) is 0 Å². The molecule has 0 bridgehead atoms. The molecule has 0 aromatic rings. The molecule has 0 unspecified atom stereocenters. The van der Waals surface area contributed by atoms with Gasteiger partial charge in [0.25, 0.3) is 0 Å². The second kappa shape index (κ2) is 2.84. The molecule has 3 nitrogen and oxygen atoms in total. The minimum Gasteiger partial charge on any atom is -0.387 e. The SMILES string of the molecule is CC(=O)N1CC=C[C@H](O)C1. The van der Waals surface area contributed by atoms with Crippen LogP contribution in [0.15, 0.2) is 12.2 Å². The lowest BCUT2D eigenvalue weighted by molar-refractivity contribution is -0.129. The molecule has 1 rings (SSSR count). The van der Waals surface area contributed by atoms with Gasteiger partial charge in [-0.2, -0.15) is 0 Å². The Morgan fingerprint density at radius 3 is 2.90 bits per heavy atom. The van der Waals surface area contributed by atoms with Crippen molar-refractivity contribution < 1.29 is 9.90 Å². The summed E-state index contributed by atoms with van der Waals surface area (Å²) in [6, 6.07) is 0. The van der Waals surface area contributed by atoms with Crippen LogP contribution in [0.5, 0.6) is 0 Å². The molecule has 0 saturated carbocycles. The van der Waals surface area contributed by atoms with Crippen LogP contribution < -0.4 is 0 Å². The van der Waals surface area contributed by atoms with Gasteiger partial charge in [-0.05, 0) is 0 Å². The molecule has 0 radical (unpaired) electrons. The molecule has 56 valence electrons. The topological polar surface area (TPSA) is 40.5 Å². The molecule has 1 aliphatic heterocycles. The van der Waals surface area contributed by atoms with Crippen LogP contribution in [-0.4, -0.2) is 35.1 Å². The fourth-order valence-corrected chi connectivity index (χ4v) is 0.963. The highest BCUT2D eigenvalue weighted by molar-refractivity contribution is 5.73. The van der Waals surface area contributed by atoms with Crippen LogP contribution in [0.1, 0.15) is 6.92 Å². The molecule has 1 aliphatic rings. The Hall–Kier alpha value is -0.830. The summed E-state index contributed by atoms with van der Waals surface area (Å²) in [4.78, 5) is 12.3. The first-order valence-corrected chi connectivity index (χ1v) is 3.30. The smallest absolute Gasteiger partial charge is 0.219 e. The molecule has 1 heterocycles. The van der Waals surface area contributed by atoms with Crippen molar-refractivity contribution in [3.8, 4) is 0 Å². The fraction of sp³-hybridized carbons (Fsp3) is 0.571. The van der Waals surface area contributed by atoms with E-state index in [4.69, 9.17) is 5.11 Å². The third-order valence-corrected chi connectivity index (χ3v) is 1.54. The Bertz CT molecular complexity index is 165. The average molecular weight is 141 g/mol. The zero-order valence-electron chi connectivity index (χ0n) is 5.95. The number of β-amino-alcohol motifs (C(OH)–C–C–N with tert-alkyl or cyclic N) is 1. The van der Waals surface area contributed by atoms with Crippen LogP contribution in [0.3, 0.4) is 0 Å². The minimum atomic E-state index is -0.474. The van der Waals surface area contributed by atoms with E-state index in [2.05, 4.69) is 0 Å². The van der Waals surface area contributed by atoms with E-state index in [-0.39, 0.29) is 5.91 Å². The average Bonchev–Trinajstić information content (AvgIpc) is 1.88. The molecule has 0 aromatic carbocycles.